The van der Waals surface area contributed by atoms with Gasteiger partial charge in [0.05, 0.1) is 0 Å². The second-order valence-electron chi connectivity index (χ2n) is 3.93. The van der Waals surface area contributed by atoms with Crippen LogP contribution in [-0.4, -0.2) is 4.98 Å². The lowest BCUT2D eigenvalue weighted by molar-refractivity contribution is -0.157. The second kappa shape index (κ2) is 4.65. The van der Waals surface area contributed by atoms with Gasteiger partial charge in [0.2, 0.25) is 0 Å². The molecule has 0 bridgehead atoms. The molecule has 0 amide bonds. The van der Waals surface area contributed by atoms with E-state index < -0.39 is 17.9 Å². The van der Waals surface area contributed by atoms with Gasteiger partial charge in [0, 0.05) is 17.7 Å². The minimum Gasteiger partial charge on any atom is -0.438 e. The Bertz CT molecular complexity index is 604. The highest BCUT2D eigenvalue weighted by atomic mass is 19.4. The van der Waals surface area contributed by atoms with E-state index in [1.54, 1.807) is 0 Å². The van der Waals surface area contributed by atoms with Crippen molar-refractivity contribution in [2.75, 3.05) is 0 Å². The van der Waals surface area contributed by atoms with Crippen molar-refractivity contribution in [1.82, 2.24) is 4.98 Å². The first-order valence-corrected chi connectivity index (χ1v) is 5.36. The molecule has 102 valence electrons. The average Bonchev–Trinajstić information content (AvgIpc) is 2.72. The van der Waals surface area contributed by atoms with E-state index in [0.29, 0.717) is 5.56 Å². The Morgan fingerprint density at radius 1 is 1.32 bits per heavy atom. The van der Waals surface area contributed by atoms with E-state index in [1.807, 2.05) is 0 Å². The van der Waals surface area contributed by atoms with Crippen LogP contribution < -0.4 is 5.73 Å². The zero-order valence-electron chi connectivity index (χ0n) is 9.88. The van der Waals surface area contributed by atoms with Crippen LogP contribution in [0.3, 0.4) is 0 Å². The monoisotopic (exact) mass is 274 g/mol. The third kappa shape index (κ3) is 2.60. The summed E-state index contributed by atoms with van der Waals surface area (Å²) >= 11 is 0. The molecule has 7 heteroatoms. The third-order valence-corrected chi connectivity index (χ3v) is 2.58. The Balaban J connectivity index is 2.50. The second-order valence-corrected chi connectivity index (χ2v) is 3.93. The number of benzene rings is 1. The van der Waals surface area contributed by atoms with Gasteiger partial charge >= 0.3 is 12.1 Å². The largest absolute Gasteiger partial charge is 0.468 e. The van der Waals surface area contributed by atoms with Crippen LogP contribution in [0.25, 0.3) is 11.3 Å². The summed E-state index contributed by atoms with van der Waals surface area (Å²) in [4.78, 5) is 3.40. The van der Waals surface area contributed by atoms with Crippen LogP contribution in [0.4, 0.5) is 17.6 Å². The number of nitrogens with zero attached hydrogens (tertiary/aromatic N) is 1. The molecule has 0 atom stereocenters. The van der Waals surface area contributed by atoms with Gasteiger partial charge in [-0.2, -0.15) is 13.2 Å². The Labute approximate surface area is 106 Å². The Hall–Kier alpha value is -1.89. The number of nitrogens with two attached hydrogens (primary N) is 1. The molecule has 0 radical (unpaired) electrons. The first kappa shape index (κ1) is 13.5. The third-order valence-electron chi connectivity index (χ3n) is 2.58. The zero-order chi connectivity index (χ0) is 14.2. The van der Waals surface area contributed by atoms with Gasteiger partial charge < -0.3 is 10.2 Å². The number of alkyl halides is 3. The van der Waals surface area contributed by atoms with Gasteiger partial charge in [-0.15, -0.1) is 0 Å². The molecule has 0 aliphatic heterocycles. The van der Waals surface area contributed by atoms with E-state index in [1.165, 1.54) is 19.1 Å². The maximum absolute atomic E-state index is 13.3. The Kier molecular flexibility index (Phi) is 3.32. The molecule has 0 saturated carbocycles. The first-order chi connectivity index (χ1) is 8.82. The lowest BCUT2D eigenvalue weighted by Gasteiger charge is -2.03. The van der Waals surface area contributed by atoms with Crippen LogP contribution in [-0.2, 0) is 12.7 Å². The summed E-state index contributed by atoms with van der Waals surface area (Å²) in [6, 6.07) is 3.83. The fraction of sp³-hybridized carbons (Fsp3) is 0.250. The number of halogens is 4. The highest BCUT2D eigenvalue weighted by Gasteiger charge is 2.38. The molecule has 2 rings (SSSR count). The minimum atomic E-state index is -4.65. The molecular weight excluding hydrogens is 264 g/mol. The zero-order valence-corrected chi connectivity index (χ0v) is 9.88. The summed E-state index contributed by atoms with van der Waals surface area (Å²) in [5.41, 5.74) is 5.91. The lowest BCUT2D eigenvalue weighted by Crippen LogP contribution is -2.05. The molecule has 0 aliphatic carbocycles. The molecule has 1 aromatic carbocycles. The van der Waals surface area contributed by atoms with Crippen molar-refractivity contribution in [2.24, 2.45) is 5.73 Å². The Morgan fingerprint density at radius 3 is 2.53 bits per heavy atom. The molecule has 0 saturated heterocycles. The molecule has 1 aromatic heterocycles. The molecule has 0 spiro atoms. The molecule has 2 N–H and O–H groups in total. The molecule has 2 aromatic rings. The van der Waals surface area contributed by atoms with Gasteiger partial charge in [-0.3, -0.25) is 0 Å². The number of hydrogen-bond donors (Lipinski definition) is 1. The number of aryl methyl sites for hydroxylation is 1. The number of aromatic nitrogens is 1. The van der Waals surface area contributed by atoms with Crippen LogP contribution in [0, 0.1) is 12.7 Å². The van der Waals surface area contributed by atoms with Crippen molar-refractivity contribution in [1.29, 1.82) is 0 Å². The first-order valence-electron chi connectivity index (χ1n) is 5.36. The van der Waals surface area contributed by atoms with Crippen LogP contribution in [0.1, 0.15) is 17.2 Å². The van der Waals surface area contributed by atoms with Gasteiger partial charge in [-0.25, -0.2) is 9.37 Å². The van der Waals surface area contributed by atoms with E-state index in [2.05, 4.69) is 9.40 Å². The predicted octanol–water partition coefficient (Wildman–Crippen LogP) is 3.27. The van der Waals surface area contributed by atoms with Crippen LogP contribution >= 0.6 is 0 Å². The highest BCUT2D eigenvalue weighted by molar-refractivity contribution is 5.62. The number of oxazole rings is 1. The molecule has 19 heavy (non-hydrogen) atoms. The van der Waals surface area contributed by atoms with E-state index in [0.717, 1.165) is 6.07 Å². The smallest absolute Gasteiger partial charge is 0.438 e. The van der Waals surface area contributed by atoms with Crippen molar-refractivity contribution >= 4 is 0 Å². The summed E-state index contributed by atoms with van der Waals surface area (Å²) in [5, 5.41) is 0. The topological polar surface area (TPSA) is 52.0 Å². The van der Waals surface area contributed by atoms with Gasteiger partial charge in [-0.1, -0.05) is 0 Å². The van der Waals surface area contributed by atoms with Crippen molar-refractivity contribution in [2.45, 2.75) is 19.6 Å². The van der Waals surface area contributed by atoms with Gasteiger partial charge in [0.1, 0.15) is 17.3 Å². The number of hydrogen-bond acceptors (Lipinski definition) is 3. The van der Waals surface area contributed by atoms with Crippen LogP contribution in [0.5, 0.6) is 0 Å². The molecular formula is C12H10F4N2O. The molecule has 0 fully saturated rings. The van der Waals surface area contributed by atoms with E-state index >= 15 is 0 Å². The fourth-order valence-corrected chi connectivity index (χ4v) is 1.66. The normalized spacial score (nSPS) is 11.9. The minimum absolute atomic E-state index is 0.0157. The van der Waals surface area contributed by atoms with Gasteiger partial charge in [-0.05, 0) is 25.1 Å². The average molecular weight is 274 g/mol. The molecule has 0 unspecified atom stereocenters. The summed E-state index contributed by atoms with van der Waals surface area (Å²) in [6.07, 6.45) is -4.65. The predicted molar refractivity (Wildman–Crippen MR) is 59.5 cm³/mol. The fourth-order valence-electron chi connectivity index (χ4n) is 1.66. The van der Waals surface area contributed by atoms with E-state index in [-0.39, 0.29) is 23.6 Å². The molecule has 1 heterocycles. The van der Waals surface area contributed by atoms with E-state index in [9.17, 15) is 17.6 Å². The molecule has 3 nitrogen and oxygen atoms in total. The number of rotatable bonds is 2. The quantitative estimate of drug-likeness (QED) is 0.855. The standard InChI is InChI=1S/C12H10F4N2O/c1-6-10(18-11(19-6)12(14,15)16)7-2-3-9(13)8(4-7)5-17/h2-4H,5,17H2,1H3. The van der Waals surface area contributed by atoms with Crippen molar-refractivity contribution < 1.29 is 22.0 Å². The van der Waals surface area contributed by atoms with Gasteiger partial charge in [0.15, 0.2) is 0 Å². The summed E-state index contributed by atoms with van der Waals surface area (Å²) in [5.74, 6) is -1.82. The molecule has 0 aliphatic rings. The SMILES string of the molecule is Cc1oc(C(F)(F)F)nc1-c1ccc(F)c(CN)c1. The van der Waals surface area contributed by atoms with E-state index in [4.69, 9.17) is 5.73 Å². The summed E-state index contributed by atoms with van der Waals surface area (Å²) in [7, 11) is 0. The van der Waals surface area contributed by atoms with Crippen molar-refractivity contribution in [3.05, 3.63) is 41.2 Å². The summed E-state index contributed by atoms with van der Waals surface area (Å²) < 4.78 is 55.3. The Morgan fingerprint density at radius 2 is 2.00 bits per heavy atom. The lowest BCUT2D eigenvalue weighted by atomic mass is 10.1. The van der Waals surface area contributed by atoms with Crippen molar-refractivity contribution in [3.8, 4) is 11.3 Å². The van der Waals surface area contributed by atoms with Crippen LogP contribution in [0.2, 0.25) is 0 Å². The van der Waals surface area contributed by atoms with Crippen LogP contribution in [0.15, 0.2) is 22.6 Å². The van der Waals surface area contributed by atoms with Gasteiger partial charge in [0.25, 0.3) is 0 Å². The maximum Gasteiger partial charge on any atom is 0.468 e. The maximum atomic E-state index is 13.3. The summed E-state index contributed by atoms with van der Waals surface area (Å²) in [6.45, 7) is 1.31. The van der Waals surface area contributed by atoms with Crippen molar-refractivity contribution in [3.63, 3.8) is 0 Å². The highest BCUT2D eigenvalue weighted by Crippen LogP contribution is 2.33.